The summed E-state index contributed by atoms with van der Waals surface area (Å²) in [5.74, 6) is 0. The average molecular weight is 293 g/mol. The lowest BCUT2D eigenvalue weighted by Gasteiger charge is -2.29. The van der Waals surface area contributed by atoms with Crippen LogP contribution in [0, 0.1) is 0 Å². The van der Waals surface area contributed by atoms with Gasteiger partial charge in [0.15, 0.2) is 5.65 Å². The quantitative estimate of drug-likeness (QED) is 0.801. The van der Waals surface area contributed by atoms with Gasteiger partial charge in [-0.25, -0.2) is 9.97 Å². The Kier molecular flexibility index (Phi) is 3.48. The molecule has 1 saturated heterocycles. The van der Waals surface area contributed by atoms with Gasteiger partial charge in [0.2, 0.25) is 0 Å². The summed E-state index contributed by atoms with van der Waals surface area (Å²) in [7, 11) is 0. The zero-order valence-corrected chi connectivity index (χ0v) is 12.4. The van der Waals surface area contributed by atoms with Crippen molar-refractivity contribution in [2.75, 3.05) is 31.1 Å². The molecule has 2 aromatic heterocycles. The van der Waals surface area contributed by atoms with Crippen LogP contribution in [0.5, 0.6) is 0 Å². The van der Waals surface area contributed by atoms with Gasteiger partial charge < -0.3 is 14.8 Å². The third-order valence-corrected chi connectivity index (χ3v) is 4.14. The number of pyridine rings is 1. The molecule has 112 valence electrons. The summed E-state index contributed by atoms with van der Waals surface area (Å²) < 4.78 is 2.12. The third-order valence-electron chi connectivity index (χ3n) is 4.14. The van der Waals surface area contributed by atoms with Crippen molar-refractivity contribution >= 4 is 16.9 Å². The fourth-order valence-electron chi connectivity index (χ4n) is 3.01. The number of anilines is 1. The molecule has 1 N–H and O–H groups in total. The Morgan fingerprint density at radius 1 is 1.00 bits per heavy atom. The van der Waals surface area contributed by atoms with Gasteiger partial charge in [-0.05, 0) is 11.6 Å². The highest BCUT2D eigenvalue weighted by Gasteiger charge is 2.16. The molecule has 1 fully saturated rings. The summed E-state index contributed by atoms with van der Waals surface area (Å²) in [6.45, 7) is 4.88. The maximum atomic E-state index is 4.63. The highest BCUT2D eigenvalue weighted by molar-refractivity contribution is 5.86. The standard InChI is InChI=1S/C17H19N5/c1-2-4-14(5-3-1)12-22-13-20-16-15(6-7-19-17(16)22)21-10-8-18-9-11-21/h1-7,13,18H,8-12H2. The first-order chi connectivity index (χ1) is 10.9. The summed E-state index contributed by atoms with van der Waals surface area (Å²) in [6.07, 6.45) is 3.79. The highest BCUT2D eigenvalue weighted by Crippen LogP contribution is 2.24. The Labute approximate surface area is 129 Å². The van der Waals surface area contributed by atoms with Crippen molar-refractivity contribution in [3.05, 3.63) is 54.5 Å². The SMILES string of the molecule is c1ccc(Cn2cnc3c(N4CCNCC4)ccnc32)cc1. The molecule has 3 aromatic rings. The molecule has 5 nitrogen and oxygen atoms in total. The van der Waals surface area contributed by atoms with Crippen LogP contribution in [0.3, 0.4) is 0 Å². The number of nitrogens with zero attached hydrogens (tertiary/aromatic N) is 4. The first kappa shape index (κ1) is 13.3. The smallest absolute Gasteiger partial charge is 0.162 e. The molecule has 22 heavy (non-hydrogen) atoms. The van der Waals surface area contributed by atoms with Crippen molar-refractivity contribution in [3.8, 4) is 0 Å². The van der Waals surface area contributed by atoms with E-state index in [1.165, 1.54) is 11.3 Å². The summed E-state index contributed by atoms with van der Waals surface area (Å²) in [6, 6.07) is 12.5. The van der Waals surface area contributed by atoms with Crippen molar-refractivity contribution in [3.63, 3.8) is 0 Å². The summed E-state index contributed by atoms with van der Waals surface area (Å²) >= 11 is 0. The van der Waals surface area contributed by atoms with Crippen LogP contribution in [0.4, 0.5) is 5.69 Å². The van der Waals surface area contributed by atoms with Crippen molar-refractivity contribution in [2.24, 2.45) is 0 Å². The zero-order chi connectivity index (χ0) is 14.8. The van der Waals surface area contributed by atoms with Crippen LogP contribution in [0.25, 0.3) is 11.2 Å². The average Bonchev–Trinajstić information content (AvgIpc) is 3.00. The number of rotatable bonds is 3. The van der Waals surface area contributed by atoms with Crippen LogP contribution in [-0.2, 0) is 6.54 Å². The Hall–Kier alpha value is -2.40. The summed E-state index contributed by atoms with van der Waals surface area (Å²) in [5, 5.41) is 3.39. The van der Waals surface area contributed by atoms with E-state index in [4.69, 9.17) is 0 Å². The number of nitrogens with one attached hydrogen (secondary N) is 1. The number of hydrogen-bond donors (Lipinski definition) is 1. The lowest BCUT2D eigenvalue weighted by atomic mass is 10.2. The van der Waals surface area contributed by atoms with Crippen molar-refractivity contribution < 1.29 is 0 Å². The Morgan fingerprint density at radius 2 is 1.82 bits per heavy atom. The first-order valence-corrected chi connectivity index (χ1v) is 7.71. The molecule has 1 aliphatic heterocycles. The molecule has 1 aromatic carbocycles. The van der Waals surface area contributed by atoms with Gasteiger partial charge in [0.1, 0.15) is 5.52 Å². The molecule has 0 radical (unpaired) electrons. The molecule has 5 heteroatoms. The van der Waals surface area contributed by atoms with Crippen molar-refractivity contribution in [2.45, 2.75) is 6.54 Å². The van der Waals surface area contributed by atoms with Gasteiger partial charge >= 0.3 is 0 Å². The molecular formula is C17H19N5. The molecule has 0 atom stereocenters. The van der Waals surface area contributed by atoms with Gasteiger partial charge in [-0.1, -0.05) is 30.3 Å². The van der Waals surface area contributed by atoms with E-state index in [-0.39, 0.29) is 0 Å². The zero-order valence-electron chi connectivity index (χ0n) is 12.4. The molecule has 0 bridgehead atoms. The molecule has 0 spiro atoms. The normalized spacial score (nSPS) is 15.4. The Balaban J connectivity index is 1.70. The minimum absolute atomic E-state index is 0.801. The van der Waals surface area contributed by atoms with E-state index >= 15 is 0 Å². The predicted octanol–water partition coefficient (Wildman–Crippen LogP) is 1.89. The molecule has 4 rings (SSSR count). The highest BCUT2D eigenvalue weighted by atomic mass is 15.2. The number of benzene rings is 1. The lowest BCUT2D eigenvalue weighted by Crippen LogP contribution is -2.43. The second kappa shape index (κ2) is 5.77. The van der Waals surface area contributed by atoms with E-state index in [9.17, 15) is 0 Å². The van der Waals surface area contributed by atoms with Gasteiger partial charge in [0, 0.05) is 32.4 Å². The molecule has 0 unspecified atom stereocenters. The van der Waals surface area contributed by atoms with E-state index in [1.54, 1.807) is 0 Å². The summed E-state index contributed by atoms with van der Waals surface area (Å²) in [5.41, 5.74) is 4.41. The van der Waals surface area contributed by atoms with E-state index < -0.39 is 0 Å². The van der Waals surface area contributed by atoms with E-state index in [2.05, 4.69) is 55.1 Å². The van der Waals surface area contributed by atoms with E-state index in [1.807, 2.05) is 18.6 Å². The van der Waals surface area contributed by atoms with Crippen LogP contribution in [-0.4, -0.2) is 40.7 Å². The number of imidazole rings is 1. The Bertz CT molecular complexity index is 759. The maximum Gasteiger partial charge on any atom is 0.162 e. The first-order valence-electron chi connectivity index (χ1n) is 7.71. The second-order valence-corrected chi connectivity index (χ2v) is 5.60. The van der Waals surface area contributed by atoms with Crippen LogP contribution in [0.2, 0.25) is 0 Å². The topological polar surface area (TPSA) is 46.0 Å². The fraction of sp³-hybridized carbons (Fsp3) is 0.294. The third kappa shape index (κ3) is 2.44. The number of hydrogen-bond acceptors (Lipinski definition) is 4. The molecular weight excluding hydrogens is 274 g/mol. The molecule has 1 aliphatic rings. The molecule has 0 amide bonds. The minimum Gasteiger partial charge on any atom is -0.367 e. The number of fused-ring (bicyclic) bond motifs is 1. The van der Waals surface area contributed by atoms with E-state index in [0.29, 0.717) is 0 Å². The Morgan fingerprint density at radius 3 is 2.64 bits per heavy atom. The lowest BCUT2D eigenvalue weighted by molar-refractivity contribution is 0.590. The van der Waals surface area contributed by atoms with Crippen LogP contribution in [0.15, 0.2) is 48.9 Å². The predicted molar refractivity (Wildman–Crippen MR) is 88.2 cm³/mol. The van der Waals surface area contributed by atoms with Gasteiger partial charge in [-0.15, -0.1) is 0 Å². The summed E-state index contributed by atoms with van der Waals surface area (Å²) in [4.78, 5) is 11.6. The van der Waals surface area contributed by atoms with Gasteiger partial charge in [-0.3, -0.25) is 0 Å². The van der Waals surface area contributed by atoms with Gasteiger partial charge in [0.25, 0.3) is 0 Å². The fourth-order valence-corrected chi connectivity index (χ4v) is 3.01. The second-order valence-electron chi connectivity index (χ2n) is 5.60. The number of aromatic nitrogens is 3. The van der Waals surface area contributed by atoms with Crippen LogP contribution < -0.4 is 10.2 Å². The van der Waals surface area contributed by atoms with Crippen molar-refractivity contribution in [1.29, 1.82) is 0 Å². The van der Waals surface area contributed by atoms with E-state index in [0.717, 1.165) is 43.9 Å². The van der Waals surface area contributed by atoms with Gasteiger partial charge in [0.05, 0.1) is 18.6 Å². The number of piperazine rings is 1. The minimum atomic E-state index is 0.801. The maximum absolute atomic E-state index is 4.63. The van der Waals surface area contributed by atoms with Crippen LogP contribution in [0.1, 0.15) is 5.56 Å². The van der Waals surface area contributed by atoms with Gasteiger partial charge in [-0.2, -0.15) is 0 Å². The molecule has 0 saturated carbocycles. The van der Waals surface area contributed by atoms with Crippen LogP contribution >= 0.6 is 0 Å². The molecule has 0 aliphatic carbocycles. The largest absolute Gasteiger partial charge is 0.367 e. The monoisotopic (exact) mass is 293 g/mol. The van der Waals surface area contributed by atoms with Crippen molar-refractivity contribution in [1.82, 2.24) is 19.9 Å². The molecule has 3 heterocycles.